The molecule has 8 nitrogen and oxygen atoms in total. The first-order chi connectivity index (χ1) is 14.5. The first-order valence-corrected chi connectivity index (χ1v) is 10.7. The van der Waals surface area contributed by atoms with Crippen molar-refractivity contribution >= 4 is 11.7 Å². The maximum atomic E-state index is 13.1. The van der Waals surface area contributed by atoms with E-state index >= 15 is 0 Å². The molecule has 1 unspecified atom stereocenters. The number of likely N-dealkylation sites (tertiary alicyclic amines) is 1. The molecule has 2 aromatic rings. The number of carbonyl (C=O) groups excluding carboxylic acids is 1. The normalized spacial score (nSPS) is 20.7. The third kappa shape index (κ3) is 4.14. The van der Waals surface area contributed by atoms with Crippen LogP contribution in [0, 0.1) is 11.3 Å². The molecule has 0 saturated carbocycles. The van der Waals surface area contributed by atoms with Crippen molar-refractivity contribution in [3.8, 4) is 5.75 Å². The van der Waals surface area contributed by atoms with Crippen molar-refractivity contribution in [2.75, 3.05) is 38.7 Å². The Morgan fingerprint density at radius 2 is 2.17 bits per heavy atom. The van der Waals surface area contributed by atoms with Crippen molar-refractivity contribution < 1.29 is 14.3 Å². The van der Waals surface area contributed by atoms with Gasteiger partial charge in [0, 0.05) is 55.9 Å². The van der Waals surface area contributed by atoms with Crippen molar-refractivity contribution in [2.24, 2.45) is 11.3 Å². The number of ether oxygens (including phenoxy) is 2. The molecule has 1 N–H and O–H groups in total. The Balaban J connectivity index is 1.56. The van der Waals surface area contributed by atoms with E-state index in [0.717, 1.165) is 49.9 Å². The highest BCUT2D eigenvalue weighted by molar-refractivity contribution is 5.89. The summed E-state index contributed by atoms with van der Waals surface area (Å²) in [5.74, 6) is 2.36. The lowest BCUT2D eigenvalue weighted by Crippen LogP contribution is -2.38. The van der Waals surface area contributed by atoms with Gasteiger partial charge in [-0.25, -0.2) is 4.79 Å². The van der Waals surface area contributed by atoms with Gasteiger partial charge in [0.25, 0.3) is 0 Å². The van der Waals surface area contributed by atoms with Crippen molar-refractivity contribution in [3.63, 3.8) is 0 Å². The second-order valence-electron chi connectivity index (χ2n) is 8.81. The first kappa shape index (κ1) is 20.7. The van der Waals surface area contributed by atoms with Crippen LogP contribution in [0.1, 0.15) is 38.4 Å². The number of amides is 2. The smallest absolute Gasteiger partial charge is 0.321 e. The third-order valence-electron chi connectivity index (χ3n) is 6.26. The van der Waals surface area contributed by atoms with Crippen LogP contribution in [0.15, 0.2) is 30.6 Å². The molecule has 8 heteroatoms. The van der Waals surface area contributed by atoms with Gasteiger partial charge in [-0.05, 0) is 30.9 Å². The Kier molecular flexibility index (Phi) is 5.94. The van der Waals surface area contributed by atoms with Crippen molar-refractivity contribution in [2.45, 2.75) is 39.2 Å². The van der Waals surface area contributed by atoms with Crippen molar-refractivity contribution in [3.05, 3.63) is 36.4 Å². The highest BCUT2D eigenvalue weighted by atomic mass is 16.5. The molecule has 1 atom stereocenters. The molecule has 1 aromatic heterocycles. The fourth-order valence-corrected chi connectivity index (χ4v) is 4.73. The van der Waals surface area contributed by atoms with Gasteiger partial charge in [0.1, 0.15) is 17.9 Å². The summed E-state index contributed by atoms with van der Waals surface area (Å²) >= 11 is 0. The monoisotopic (exact) mass is 413 g/mol. The van der Waals surface area contributed by atoms with Gasteiger partial charge in [-0.3, -0.25) is 0 Å². The number of aromatic nitrogens is 3. The average molecular weight is 414 g/mol. The minimum absolute atomic E-state index is 0.0221. The Labute approximate surface area is 177 Å². The minimum Gasteiger partial charge on any atom is -0.497 e. The van der Waals surface area contributed by atoms with E-state index in [1.54, 1.807) is 7.11 Å². The molecule has 2 fully saturated rings. The van der Waals surface area contributed by atoms with Crippen LogP contribution < -0.4 is 10.1 Å². The number of hydrogen-bond acceptors (Lipinski definition) is 5. The molecule has 2 aliphatic rings. The Bertz CT molecular complexity index is 875. The van der Waals surface area contributed by atoms with Crippen molar-refractivity contribution in [1.29, 1.82) is 0 Å². The van der Waals surface area contributed by atoms with E-state index in [1.165, 1.54) is 0 Å². The molecule has 1 spiro atoms. The van der Waals surface area contributed by atoms with Crippen LogP contribution >= 0.6 is 0 Å². The zero-order chi connectivity index (χ0) is 21.1. The number of benzene rings is 1. The highest BCUT2D eigenvalue weighted by Gasteiger charge is 2.51. The maximum absolute atomic E-state index is 13.1. The molecule has 30 heavy (non-hydrogen) atoms. The van der Waals surface area contributed by atoms with Gasteiger partial charge in [-0.1, -0.05) is 19.9 Å². The van der Waals surface area contributed by atoms with Gasteiger partial charge < -0.3 is 24.3 Å². The van der Waals surface area contributed by atoms with Gasteiger partial charge in [-0.2, -0.15) is 0 Å². The number of hydrogen-bond donors (Lipinski definition) is 1. The molecule has 2 aliphatic heterocycles. The molecule has 4 rings (SSSR count). The molecule has 3 heterocycles. The van der Waals surface area contributed by atoms with E-state index in [1.807, 2.05) is 35.5 Å². The topological polar surface area (TPSA) is 81.5 Å². The molecule has 1 aromatic carbocycles. The lowest BCUT2D eigenvalue weighted by atomic mass is 9.71. The summed E-state index contributed by atoms with van der Waals surface area (Å²) in [6, 6.07) is 7.34. The van der Waals surface area contributed by atoms with Crippen LogP contribution in [0.3, 0.4) is 0 Å². The van der Waals surface area contributed by atoms with Crippen LogP contribution in [-0.2, 0) is 11.3 Å². The summed E-state index contributed by atoms with van der Waals surface area (Å²) in [5, 5.41) is 11.7. The largest absolute Gasteiger partial charge is 0.497 e. The summed E-state index contributed by atoms with van der Waals surface area (Å²) in [7, 11) is 1.62. The fraction of sp³-hybridized carbons (Fsp3) is 0.591. The van der Waals surface area contributed by atoms with Gasteiger partial charge in [0.15, 0.2) is 0 Å². The number of nitrogens with zero attached hydrogens (tertiary/aromatic N) is 4. The zero-order valence-electron chi connectivity index (χ0n) is 18.0. The summed E-state index contributed by atoms with van der Waals surface area (Å²) in [6.45, 7) is 8.03. The highest BCUT2D eigenvalue weighted by Crippen LogP contribution is 2.49. The summed E-state index contributed by atoms with van der Waals surface area (Å²) < 4.78 is 13.1. The Morgan fingerprint density at radius 1 is 1.37 bits per heavy atom. The molecule has 2 amide bonds. The summed E-state index contributed by atoms with van der Waals surface area (Å²) in [4.78, 5) is 15.0. The standard InChI is InChI=1S/C22H31N5O3/c1-16(2)12-27-15-23-25-20(27)19-13-26(14-22(19)7-9-30-10-8-22)21(28)24-17-5-4-6-18(11-17)29-3/h4-6,11,15-16,19H,7-10,12-14H2,1-3H3,(H,24,28). The second-order valence-corrected chi connectivity index (χ2v) is 8.81. The number of carbonyl (C=O) groups is 1. The van der Waals surface area contributed by atoms with E-state index in [0.29, 0.717) is 19.0 Å². The molecule has 0 aliphatic carbocycles. The summed E-state index contributed by atoms with van der Waals surface area (Å²) in [6.07, 6.45) is 3.67. The van der Waals surface area contributed by atoms with Crippen LogP contribution in [0.25, 0.3) is 0 Å². The summed E-state index contributed by atoms with van der Waals surface area (Å²) in [5.41, 5.74) is 0.706. The quantitative estimate of drug-likeness (QED) is 0.813. The van der Waals surface area contributed by atoms with Crippen LogP contribution in [-0.4, -0.2) is 59.1 Å². The predicted molar refractivity (Wildman–Crippen MR) is 114 cm³/mol. The van der Waals surface area contributed by atoms with Gasteiger partial charge in [-0.15, -0.1) is 10.2 Å². The molecular formula is C22H31N5O3. The van der Waals surface area contributed by atoms with Crippen LogP contribution in [0.2, 0.25) is 0 Å². The number of anilines is 1. The van der Waals surface area contributed by atoms with Gasteiger partial charge >= 0.3 is 6.03 Å². The molecular weight excluding hydrogens is 382 g/mol. The molecule has 0 bridgehead atoms. The number of nitrogens with one attached hydrogen (secondary N) is 1. The Morgan fingerprint density at radius 3 is 2.90 bits per heavy atom. The minimum atomic E-state index is -0.0912. The fourth-order valence-electron chi connectivity index (χ4n) is 4.73. The van der Waals surface area contributed by atoms with Gasteiger partial charge in [0.05, 0.1) is 7.11 Å². The number of methoxy groups -OCH3 is 1. The number of urea groups is 1. The zero-order valence-corrected chi connectivity index (χ0v) is 18.0. The Hall–Kier alpha value is -2.61. The van der Waals surface area contributed by atoms with E-state index in [4.69, 9.17) is 9.47 Å². The lowest BCUT2D eigenvalue weighted by molar-refractivity contribution is 0.0120. The van der Waals surface area contributed by atoms with Gasteiger partial charge in [0.2, 0.25) is 0 Å². The lowest BCUT2D eigenvalue weighted by Gasteiger charge is -2.37. The number of rotatable bonds is 5. The first-order valence-electron chi connectivity index (χ1n) is 10.7. The predicted octanol–water partition coefficient (Wildman–Crippen LogP) is 3.37. The molecule has 0 radical (unpaired) electrons. The second kappa shape index (κ2) is 8.63. The SMILES string of the molecule is COc1cccc(NC(=O)N2CC(c3nncn3CC(C)C)C3(CCOCC3)C2)c1. The van der Waals surface area contributed by atoms with Crippen LogP contribution in [0.4, 0.5) is 10.5 Å². The van der Waals surface area contributed by atoms with E-state index in [9.17, 15) is 4.79 Å². The van der Waals surface area contributed by atoms with E-state index in [-0.39, 0.29) is 17.4 Å². The molecule has 162 valence electrons. The average Bonchev–Trinajstić information content (AvgIpc) is 3.32. The molecule has 2 saturated heterocycles. The van der Waals surface area contributed by atoms with Crippen molar-refractivity contribution in [1.82, 2.24) is 19.7 Å². The van der Waals surface area contributed by atoms with Crippen LogP contribution in [0.5, 0.6) is 5.75 Å². The third-order valence-corrected chi connectivity index (χ3v) is 6.26. The maximum Gasteiger partial charge on any atom is 0.321 e. The van der Waals surface area contributed by atoms with E-state index in [2.05, 4.69) is 33.9 Å². The van der Waals surface area contributed by atoms with E-state index < -0.39 is 0 Å².